The van der Waals surface area contributed by atoms with Gasteiger partial charge in [-0.1, -0.05) is 41.5 Å². The van der Waals surface area contributed by atoms with Crippen LogP contribution in [0.3, 0.4) is 0 Å². The topological polar surface area (TPSA) is 99.7 Å². The number of urea groups is 1. The van der Waals surface area contributed by atoms with Crippen LogP contribution in [0.25, 0.3) is 0 Å². The highest BCUT2D eigenvalue weighted by Gasteiger charge is 2.51. The predicted octanol–water partition coefficient (Wildman–Crippen LogP) is 7.34. The molecule has 0 heterocycles. The van der Waals surface area contributed by atoms with Crippen LogP contribution in [0.2, 0.25) is 0 Å². The zero-order chi connectivity index (χ0) is 29.0. The van der Waals surface area contributed by atoms with Crippen molar-refractivity contribution in [3.63, 3.8) is 0 Å². The minimum absolute atomic E-state index is 0.118. The molecular weight excluding hydrogens is 502 g/mol. The third-order valence-corrected chi connectivity index (χ3v) is 9.13. The van der Waals surface area contributed by atoms with Crippen LogP contribution in [0, 0.1) is 17.8 Å². The molecule has 2 aromatic carbocycles. The van der Waals surface area contributed by atoms with Crippen LogP contribution < -0.4 is 20.7 Å². The summed E-state index contributed by atoms with van der Waals surface area (Å²) in [6, 6.07) is 8.52. The lowest BCUT2D eigenvalue weighted by molar-refractivity contribution is -0.0127. The van der Waals surface area contributed by atoms with Gasteiger partial charge in [-0.15, -0.1) is 0 Å². The first kappa shape index (κ1) is 28.3. The summed E-state index contributed by atoms with van der Waals surface area (Å²) in [5.74, 6) is 2.64. The molecule has 2 aromatic rings. The second kappa shape index (κ2) is 10.0. The van der Waals surface area contributed by atoms with Crippen molar-refractivity contribution in [2.75, 3.05) is 17.7 Å². The summed E-state index contributed by atoms with van der Waals surface area (Å²) >= 11 is 0. The van der Waals surface area contributed by atoms with Crippen molar-refractivity contribution >= 4 is 23.3 Å². The highest BCUT2D eigenvalue weighted by molar-refractivity contribution is 6.07. The molecule has 4 saturated carbocycles. The second-order valence-electron chi connectivity index (χ2n) is 14.6. The van der Waals surface area contributed by atoms with Crippen molar-refractivity contribution in [1.29, 1.82) is 0 Å². The molecule has 0 spiro atoms. The number of anilines is 2. The average Bonchev–Trinajstić information content (AvgIpc) is 2.82. The quantitative estimate of drug-likeness (QED) is 0.315. The summed E-state index contributed by atoms with van der Waals surface area (Å²) in [5.41, 5.74) is 1.98. The van der Waals surface area contributed by atoms with E-state index in [1.807, 2.05) is 41.5 Å². The number of hydrogen-bond donors (Lipinski definition) is 4. The van der Waals surface area contributed by atoms with Gasteiger partial charge in [0.2, 0.25) is 0 Å². The average molecular weight is 548 g/mol. The fourth-order valence-corrected chi connectivity index (χ4v) is 7.62. The summed E-state index contributed by atoms with van der Waals surface area (Å²) in [7, 11) is 1.57. The third-order valence-electron chi connectivity index (χ3n) is 9.13. The summed E-state index contributed by atoms with van der Waals surface area (Å²) in [6.07, 6.45) is 7.11. The molecule has 216 valence electrons. The van der Waals surface area contributed by atoms with E-state index in [2.05, 4.69) is 16.0 Å². The number of benzene rings is 2. The molecule has 0 saturated heterocycles. The molecule has 0 radical (unpaired) electrons. The van der Waals surface area contributed by atoms with Crippen LogP contribution in [0.1, 0.15) is 102 Å². The zero-order valence-electron chi connectivity index (χ0n) is 25.0. The van der Waals surface area contributed by atoms with Crippen LogP contribution in [0.5, 0.6) is 11.5 Å². The molecule has 4 fully saturated rings. The predicted molar refractivity (Wildman–Crippen MR) is 160 cm³/mol. The van der Waals surface area contributed by atoms with Gasteiger partial charge in [0.05, 0.1) is 18.5 Å². The molecule has 4 aliphatic rings. The van der Waals surface area contributed by atoms with Crippen LogP contribution >= 0.6 is 0 Å². The molecular formula is C33H45N3O4. The van der Waals surface area contributed by atoms with Crippen molar-refractivity contribution < 1.29 is 19.4 Å². The van der Waals surface area contributed by atoms with E-state index in [4.69, 9.17) is 4.74 Å². The number of amides is 3. The Hall–Kier alpha value is -3.22. The maximum atomic E-state index is 13.7. The van der Waals surface area contributed by atoms with E-state index in [0.717, 1.165) is 37.0 Å². The molecule has 6 rings (SSSR count). The van der Waals surface area contributed by atoms with Crippen molar-refractivity contribution in [2.45, 2.75) is 96.4 Å². The smallest absolute Gasteiger partial charge is 0.319 e. The number of phenolic OH excluding ortho intramolecular Hbond substituents is 1. The third kappa shape index (κ3) is 5.65. The number of aromatic hydroxyl groups is 1. The molecule has 7 heteroatoms. The van der Waals surface area contributed by atoms with Crippen LogP contribution in [-0.4, -0.2) is 29.7 Å². The minimum atomic E-state index is -0.363. The number of phenols is 1. The van der Waals surface area contributed by atoms with E-state index in [-0.39, 0.29) is 34.1 Å². The Morgan fingerprint density at radius 3 is 1.82 bits per heavy atom. The number of nitrogens with one attached hydrogen (secondary N) is 3. The number of ether oxygens (including phenoxy) is 1. The van der Waals surface area contributed by atoms with Gasteiger partial charge >= 0.3 is 6.03 Å². The van der Waals surface area contributed by atoms with Crippen molar-refractivity contribution in [3.8, 4) is 11.5 Å². The van der Waals surface area contributed by atoms with Crippen molar-refractivity contribution in [1.82, 2.24) is 5.32 Å². The Bertz CT molecular complexity index is 1250. The number of carbonyl (C=O) groups excluding carboxylic acids is 2. The first-order chi connectivity index (χ1) is 18.7. The monoisotopic (exact) mass is 547 g/mol. The molecule has 0 atom stereocenters. The number of carbonyl (C=O) groups is 2. The Morgan fingerprint density at radius 1 is 0.825 bits per heavy atom. The summed E-state index contributed by atoms with van der Waals surface area (Å²) in [5, 5.41) is 20.4. The molecule has 0 unspecified atom stereocenters. The van der Waals surface area contributed by atoms with Crippen LogP contribution in [0.4, 0.5) is 16.2 Å². The van der Waals surface area contributed by atoms with E-state index >= 15 is 0 Å². The molecule has 0 aromatic heterocycles. The van der Waals surface area contributed by atoms with Crippen LogP contribution in [0.15, 0.2) is 30.3 Å². The maximum Gasteiger partial charge on any atom is 0.319 e. The van der Waals surface area contributed by atoms with E-state index in [9.17, 15) is 14.7 Å². The number of methoxy groups -OCH3 is 1. The molecule has 40 heavy (non-hydrogen) atoms. The highest BCUT2D eigenvalue weighted by atomic mass is 16.5. The largest absolute Gasteiger partial charge is 0.507 e. The van der Waals surface area contributed by atoms with Gasteiger partial charge in [-0.25, -0.2) is 4.79 Å². The number of rotatable bonds is 5. The van der Waals surface area contributed by atoms with E-state index in [1.54, 1.807) is 37.4 Å². The van der Waals surface area contributed by atoms with Gasteiger partial charge in [-0.05, 0) is 91.4 Å². The molecule has 3 amide bonds. The van der Waals surface area contributed by atoms with E-state index in [0.29, 0.717) is 33.8 Å². The van der Waals surface area contributed by atoms with Gasteiger partial charge in [-0.3, -0.25) is 4.79 Å². The minimum Gasteiger partial charge on any atom is -0.507 e. The lowest BCUT2D eigenvalue weighted by Gasteiger charge is -2.56. The summed E-state index contributed by atoms with van der Waals surface area (Å²) in [6.45, 7) is 12.1. The first-order valence-corrected chi connectivity index (χ1v) is 14.6. The molecule has 4 N–H and O–H groups in total. The Morgan fingerprint density at radius 2 is 1.35 bits per heavy atom. The second-order valence-corrected chi connectivity index (χ2v) is 14.6. The molecule has 4 bridgehead atoms. The summed E-state index contributed by atoms with van der Waals surface area (Å²) < 4.78 is 5.42. The van der Waals surface area contributed by atoms with Gasteiger partial charge < -0.3 is 25.8 Å². The normalized spacial score (nSPS) is 25.4. The lowest BCUT2D eigenvalue weighted by atomic mass is 9.53. The van der Waals surface area contributed by atoms with E-state index in [1.165, 1.54) is 19.3 Å². The van der Waals surface area contributed by atoms with E-state index < -0.39 is 0 Å². The molecule has 0 aliphatic heterocycles. The fraction of sp³-hybridized carbons (Fsp3) is 0.576. The Balaban J connectivity index is 1.39. The molecule has 4 aliphatic carbocycles. The summed E-state index contributed by atoms with van der Waals surface area (Å²) in [4.78, 5) is 27.0. The first-order valence-electron chi connectivity index (χ1n) is 14.6. The van der Waals surface area contributed by atoms with Crippen molar-refractivity contribution in [2.24, 2.45) is 17.8 Å². The zero-order valence-corrected chi connectivity index (χ0v) is 25.0. The fourth-order valence-electron chi connectivity index (χ4n) is 7.62. The van der Waals surface area contributed by atoms with Crippen LogP contribution in [-0.2, 0) is 10.8 Å². The maximum absolute atomic E-state index is 13.7. The molecule has 7 nitrogen and oxygen atoms in total. The SMILES string of the molecule is COc1ccc(NC(=O)NC23CC4CC(CC(C4)C2)C3)c(NC(=O)c2cc(C(C)(C)C)c(O)c(C(C)(C)C)c2)c1. The van der Waals surface area contributed by atoms with Gasteiger partial charge in [0.1, 0.15) is 11.5 Å². The van der Waals surface area contributed by atoms with Gasteiger partial charge in [0.25, 0.3) is 5.91 Å². The van der Waals surface area contributed by atoms with Gasteiger partial charge in [0.15, 0.2) is 0 Å². The standard InChI is InChI=1S/C33H45N3O4/c1-31(2,3)24-13-22(14-25(28(24)37)32(4,5)6)29(38)34-27-15-23(40-7)8-9-26(27)35-30(39)36-33-16-19-10-20(17-33)12-21(11-19)18-33/h8-9,13-15,19-21,37H,10-12,16-18H2,1-7H3,(H,34,38)(H2,35,36,39). The van der Waals surface area contributed by atoms with Gasteiger partial charge in [-0.2, -0.15) is 0 Å². The lowest BCUT2D eigenvalue weighted by Crippen LogP contribution is -2.60. The highest BCUT2D eigenvalue weighted by Crippen LogP contribution is 2.55. The van der Waals surface area contributed by atoms with Gasteiger partial charge in [0, 0.05) is 28.3 Å². The number of hydrogen-bond acceptors (Lipinski definition) is 4. The Labute approximate surface area is 238 Å². The Kier molecular flexibility index (Phi) is 7.08. The van der Waals surface area contributed by atoms with Crippen molar-refractivity contribution in [3.05, 3.63) is 47.0 Å².